The summed E-state index contributed by atoms with van der Waals surface area (Å²) < 4.78 is 5.62. The fourth-order valence-electron chi connectivity index (χ4n) is 2.13. The summed E-state index contributed by atoms with van der Waals surface area (Å²) in [6, 6.07) is 0. The van der Waals surface area contributed by atoms with Crippen LogP contribution in [0.15, 0.2) is 11.0 Å². The van der Waals surface area contributed by atoms with Gasteiger partial charge in [-0.15, -0.1) is 0 Å². The fourth-order valence-corrected chi connectivity index (χ4v) is 2.13. The number of ether oxygens (including phenoxy) is 1. The van der Waals surface area contributed by atoms with Gasteiger partial charge in [0.15, 0.2) is 0 Å². The van der Waals surface area contributed by atoms with Crippen molar-refractivity contribution < 1.29 is 9.53 Å². The number of amides is 1. The number of imidazole rings is 1. The molecule has 1 aromatic rings. The van der Waals surface area contributed by atoms with Gasteiger partial charge in [-0.1, -0.05) is 0 Å². The third kappa shape index (κ3) is 3.22. The Morgan fingerprint density at radius 1 is 1.56 bits per heavy atom. The van der Waals surface area contributed by atoms with E-state index in [-0.39, 0.29) is 17.7 Å². The summed E-state index contributed by atoms with van der Waals surface area (Å²) in [6.07, 6.45) is 5.92. The van der Waals surface area contributed by atoms with Crippen molar-refractivity contribution in [3.8, 4) is 0 Å². The van der Waals surface area contributed by atoms with Crippen LogP contribution in [-0.2, 0) is 4.74 Å². The van der Waals surface area contributed by atoms with E-state index >= 15 is 0 Å². The van der Waals surface area contributed by atoms with Crippen LogP contribution in [0.2, 0.25) is 0 Å². The molecular formula is C12H19N3O3. The molecule has 0 spiro atoms. The van der Waals surface area contributed by atoms with Gasteiger partial charge in [0.1, 0.15) is 5.69 Å². The molecule has 6 heteroatoms. The number of nitrogens with one attached hydrogen (secondary N) is 2. The van der Waals surface area contributed by atoms with Gasteiger partial charge in [-0.25, -0.2) is 4.79 Å². The van der Waals surface area contributed by atoms with E-state index in [0.717, 1.165) is 25.9 Å². The SMILES string of the molecule is CN(CCC1CCCCO1)C(=O)c1c[nH]c(=O)[nH]1. The van der Waals surface area contributed by atoms with Crippen LogP contribution in [0.4, 0.5) is 0 Å². The Morgan fingerprint density at radius 3 is 3.00 bits per heavy atom. The molecule has 0 aromatic carbocycles. The minimum Gasteiger partial charge on any atom is -0.378 e. The summed E-state index contributed by atoms with van der Waals surface area (Å²) in [7, 11) is 1.73. The van der Waals surface area contributed by atoms with E-state index in [0.29, 0.717) is 12.2 Å². The zero-order valence-corrected chi connectivity index (χ0v) is 10.6. The highest BCUT2D eigenvalue weighted by Crippen LogP contribution is 2.15. The van der Waals surface area contributed by atoms with Crippen molar-refractivity contribution in [3.63, 3.8) is 0 Å². The molecule has 0 aliphatic carbocycles. The number of nitrogens with zero attached hydrogens (tertiary/aromatic N) is 1. The first-order valence-electron chi connectivity index (χ1n) is 6.31. The Bertz CT molecular complexity index is 445. The van der Waals surface area contributed by atoms with Crippen molar-refractivity contribution in [2.24, 2.45) is 0 Å². The lowest BCUT2D eigenvalue weighted by atomic mass is 10.1. The summed E-state index contributed by atoms with van der Waals surface area (Å²) in [5.41, 5.74) is -0.0607. The van der Waals surface area contributed by atoms with Crippen molar-refractivity contribution in [1.29, 1.82) is 0 Å². The Labute approximate surface area is 105 Å². The molecule has 0 bridgehead atoms. The lowest BCUT2D eigenvalue weighted by Crippen LogP contribution is -2.32. The molecule has 1 unspecified atom stereocenters. The van der Waals surface area contributed by atoms with Crippen LogP contribution < -0.4 is 5.69 Å². The molecule has 2 rings (SSSR count). The third-order valence-corrected chi connectivity index (χ3v) is 3.23. The summed E-state index contributed by atoms with van der Waals surface area (Å²) in [5.74, 6) is -0.177. The lowest BCUT2D eigenvalue weighted by Gasteiger charge is -2.25. The second kappa shape index (κ2) is 5.86. The zero-order chi connectivity index (χ0) is 13.0. The first-order valence-corrected chi connectivity index (χ1v) is 6.31. The van der Waals surface area contributed by atoms with E-state index in [4.69, 9.17) is 4.74 Å². The van der Waals surface area contributed by atoms with Gasteiger partial charge in [0, 0.05) is 26.4 Å². The van der Waals surface area contributed by atoms with E-state index in [1.165, 1.54) is 12.6 Å². The molecule has 1 saturated heterocycles. The van der Waals surface area contributed by atoms with Crippen LogP contribution >= 0.6 is 0 Å². The molecule has 1 aliphatic rings. The molecule has 0 saturated carbocycles. The van der Waals surface area contributed by atoms with E-state index in [1.807, 2.05) is 0 Å². The maximum absolute atomic E-state index is 11.9. The molecule has 1 amide bonds. The van der Waals surface area contributed by atoms with Gasteiger partial charge in [0.25, 0.3) is 5.91 Å². The summed E-state index contributed by atoms with van der Waals surface area (Å²) in [4.78, 5) is 29.3. The minimum absolute atomic E-state index is 0.177. The number of carbonyl (C=O) groups excluding carboxylic acids is 1. The predicted molar refractivity (Wildman–Crippen MR) is 66.6 cm³/mol. The average Bonchev–Trinajstić information content (AvgIpc) is 2.83. The average molecular weight is 253 g/mol. The molecule has 0 radical (unpaired) electrons. The number of hydrogen-bond acceptors (Lipinski definition) is 3. The van der Waals surface area contributed by atoms with E-state index in [9.17, 15) is 9.59 Å². The predicted octanol–water partition coefficient (Wildman–Crippen LogP) is 0.734. The second-order valence-corrected chi connectivity index (χ2v) is 4.66. The van der Waals surface area contributed by atoms with Crippen molar-refractivity contribution in [1.82, 2.24) is 14.9 Å². The Balaban J connectivity index is 1.82. The molecule has 1 aliphatic heterocycles. The Morgan fingerprint density at radius 2 is 2.39 bits per heavy atom. The maximum atomic E-state index is 11.9. The van der Waals surface area contributed by atoms with Crippen molar-refractivity contribution in [2.75, 3.05) is 20.2 Å². The highest BCUT2D eigenvalue weighted by Gasteiger charge is 2.17. The first kappa shape index (κ1) is 12.9. The van der Waals surface area contributed by atoms with Crippen LogP contribution in [0.3, 0.4) is 0 Å². The highest BCUT2D eigenvalue weighted by molar-refractivity contribution is 5.91. The minimum atomic E-state index is -0.359. The first-order chi connectivity index (χ1) is 8.66. The molecular weight excluding hydrogens is 234 g/mol. The normalized spacial score (nSPS) is 19.7. The molecule has 2 heterocycles. The van der Waals surface area contributed by atoms with Gasteiger partial charge >= 0.3 is 5.69 Å². The van der Waals surface area contributed by atoms with Crippen LogP contribution in [0.5, 0.6) is 0 Å². The molecule has 1 fully saturated rings. The quantitative estimate of drug-likeness (QED) is 0.830. The smallest absolute Gasteiger partial charge is 0.323 e. The van der Waals surface area contributed by atoms with Crippen LogP contribution in [0.1, 0.15) is 36.2 Å². The molecule has 1 atom stereocenters. The number of aromatic amines is 2. The van der Waals surface area contributed by atoms with Crippen molar-refractivity contribution in [3.05, 3.63) is 22.4 Å². The third-order valence-electron chi connectivity index (χ3n) is 3.23. The second-order valence-electron chi connectivity index (χ2n) is 4.66. The zero-order valence-electron chi connectivity index (χ0n) is 10.6. The topological polar surface area (TPSA) is 78.2 Å². The molecule has 100 valence electrons. The molecule has 6 nitrogen and oxygen atoms in total. The molecule has 1 aromatic heterocycles. The van der Waals surface area contributed by atoms with Gasteiger partial charge in [-0.2, -0.15) is 0 Å². The largest absolute Gasteiger partial charge is 0.378 e. The maximum Gasteiger partial charge on any atom is 0.323 e. The van der Waals surface area contributed by atoms with Gasteiger partial charge in [0.2, 0.25) is 0 Å². The van der Waals surface area contributed by atoms with Gasteiger partial charge < -0.3 is 19.6 Å². The van der Waals surface area contributed by atoms with Crippen LogP contribution in [0.25, 0.3) is 0 Å². The Kier molecular flexibility index (Phi) is 4.19. The summed E-state index contributed by atoms with van der Waals surface area (Å²) in [5, 5.41) is 0. The van der Waals surface area contributed by atoms with Crippen LogP contribution in [-0.4, -0.2) is 47.1 Å². The van der Waals surface area contributed by atoms with Gasteiger partial charge in [-0.3, -0.25) is 4.79 Å². The number of aromatic nitrogens is 2. The van der Waals surface area contributed by atoms with E-state index < -0.39 is 0 Å². The number of hydrogen-bond donors (Lipinski definition) is 2. The number of rotatable bonds is 4. The summed E-state index contributed by atoms with van der Waals surface area (Å²) in [6.45, 7) is 1.46. The van der Waals surface area contributed by atoms with Crippen molar-refractivity contribution >= 4 is 5.91 Å². The van der Waals surface area contributed by atoms with E-state index in [2.05, 4.69) is 9.97 Å². The summed E-state index contributed by atoms with van der Waals surface area (Å²) >= 11 is 0. The Hall–Kier alpha value is -1.56. The van der Waals surface area contributed by atoms with E-state index in [1.54, 1.807) is 11.9 Å². The van der Waals surface area contributed by atoms with Crippen molar-refractivity contribution in [2.45, 2.75) is 31.8 Å². The van der Waals surface area contributed by atoms with Gasteiger partial charge in [0.05, 0.1) is 6.10 Å². The number of carbonyl (C=O) groups is 1. The molecule has 2 N–H and O–H groups in total. The van der Waals surface area contributed by atoms with Gasteiger partial charge in [-0.05, 0) is 25.7 Å². The monoisotopic (exact) mass is 253 g/mol. The molecule has 18 heavy (non-hydrogen) atoms. The standard InChI is InChI=1S/C12H19N3O3/c1-15(6-5-9-4-2-3-7-18-9)11(16)10-8-13-12(17)14-10/h8-9H,2-7H2,1H3,(H2,13,14,17). The lowest BCUT2D eigenvalue weighted by molar-refractivity contribution is 0.00706. The fraction of sp³-hybridized carbons (Fsp3) is 0.667. The highest BCUT2D eigenvalue weighted by atomic mass is 16.5. The number of H-pyrrole nitrogens is 2. The van der Waals surface area contributed by atoms with Crippen LogP contribution in [0, 0.1) is 0 Å².